The van der Waals surface area contributed by atoms with E-state index < -0.39 is 66.4 Å². The molecule has 1 aromatic rings. The molecule has 302 valence electrons. The van der Waals surface area contributed by atoms with Crippen LogP contribution < -0.4 is 0 Å². The molecule has 3 aliphatic heterocycles. The summed E-state index contributed by atoms with van der Waals surface area (Å²) < 4.78 is 41.5. The molecule has 2 saturated heterocycles. The Kier molecular flexibility index (Phi) is 17.1. The number of fused-ring (bicyclic) bond motifs is 4. The third kappa shape index (κ3) is 12.7. The Morgan fingerprint density at radius 2 is 1.72 bits per heavy atom. The van der Waals surface area contributed by atoms with Crippen molar-refractivity contribution in [1.29, 1.82) is 0 Å². The molecule has 0 saturated carbocycles. The topological polar surface area (TPSA) is 177 Å². The molecule has 0 amide bonds. The molecule has 13 heteroatoms. The van der Waals surface area contributed by atoms with Gasteiger partial charge in [-0.05, 0) is 42.9 Å². The zero-order valence-electron chi connectivity index (χ0n) is 32.2. The Labute approximate surface area is 318 Å². The number of aliphatic hydroxyl groups is 3. The summed E-state index contributed by atoms with van der Waals surface area (Å²) in [4.78, 5) is 39.0. The van der Waals surface area contributed by atoms with Crippen molar-refractivity contribution < 1.29 is 62.9 Å². The fraction of sp³-hybridized carbons (Fsp3) is 0.683. The maximum absolute atomic E-state index is 13.3. The first-order valence-electron chi connectivity index (χ1n) is 19.4. The zero-order chi connectivity index (χ0) is 39.1. The lowest BCUT2D eigenvalue weighted by Gasteiger charge is -2.51. The normalized spacial score (nSPS) is 32.5. The number of rotatable bonds is 10. The highest BCUT2D eigenvalue weighted by molar-refractivity contribution is 5.83. The van der Waals surface area contributed by atoms with Crippen LogP contribution in [0, 0.1) is 5.41 Å². The number of unbranched alkanes of at least 4 members (excludes halogenated alkanes) is 4. The van der Waals surface area contributed by atoms with E-state index in [-0.39, 0.29) is 56.5 Å². The number of aliphatic hydroxyl groups excluding tert-OH is 2. The maximum atomic E-state index is 13.3. The molecule has 3 aliphatic rings. The number of ether oxygens (including phenoxy) is 7. The predicted octanol–water partition coefficient (Wildman–Crippen LogP) is 5.15. The summed E-state index contributed by atoms with van der Waals surface area (Å²) in [6.45, 7) is 5.50. The number of benzene rings is 1. The highest BCUT2D eigenvalue weighted by Crippen LogP contribution is 2.47. The first kappa shape index (κ1) is 43.6. The quantitative estimate of drug-likeness (QED) is 0.0940. The Balaban J connectivity index is 1.70. The fourth-order valence-electron chi connectivity index (χ4n) is 7.02. The van der Waals surface area contributed by atoms with Crippen molar-refractivity contribution in [2.75, 3.05) is 26.9 Å². The number of cyclic esters (lactones) is 1. The van der Waals surface area contributed by atoms with Crippen LogP contribution in [0.3, 0.4) is 0 Å². The third-order valence-corrected chi connectivity index (χ3v) is 10.2. The van der Waals surface area contributed by atoms with Crippen LogP contribution in [0.15, 0.2) is 54.1 Å². The van der Waals surface area contributed by atoms with Gasteiger partial charge in [-0.3, -0.25) is 9.59 Å². The van der Waals surface area contributed by atoms with Crippen molar-refractivity contribution in [1.82, 2.24) is 0 Å². The standard InChI is InChI=1S/C41H60O13/c1-5-6-7-8-12-15-35(44)53-39-29(23-36(45)48-4)22-32-25-33(27-42)51-37(46)24-30(43)17-20-49-34(28-13-10-9-11-14-28)26-31-18-21-50-38(52-31)16-19-40(2,3)41(39,47)54-32/h9-11,13-14,16,19,23,30-34,38-39,42-43,47H,5-8,12,15,17-18,20-22,24-27H2,1-4H3/b19-16-,29-23+/t30-,31+,32+,33-,34+,38+,39+,41-/m1/s1. The summed E-state index contributed by atoms with van der Waals surface area (Å²) in [6, 6.07) is 9.68. The molecular formula is C41H60O13. The molecule has 4 bridgehead atoms. The molecule has 4 rings (SSSR count). The summed E-state index contributed by atoms with van der Waals surface area (Å²) >= 11 is 0. The molecule has 0 spiro atoms. The number of carbonyl (C=O) groups is 3. The third-order valence-electron chi connectivity index (χ3n) is 10.2. The van der Waals surface area contributed by atoms with E-state index >= 15 is 0 Å². The van der Waals surface area contributed by atoms with Gasteiger partial charge < -0.3 is 48.5 Å². The van der Waals surface area contributed by atoms with Crippen LogP contribution in [0.5, 0.6) is 0 Å². The second-order valence-corrected chi connectivity index (χ2v) is 15.0. The lowest BCUT2D eigenvalue weighted by molar-refractivity contribution is -0.327. The lowest BCUT2D eigenvalue weighted by atomic mass is 9.74. The van der Waals surface area contributed by atoms with Gasteiger partial charge in [0, 0.05) is 37.4 Å². The zero-order valence-corrected chi connectivity index (χ0v) is 32.2. The Bertz CT molecular complexity index is 1390. The number of hydrogen-bond acceptors (Lipinski definition) is 13. The van der Waals surface area contributed by atoms with Crippen molar-refractivity contribution in [3.63, 3.8) is 0 Å². The molecule has 8 atom stereocenters. The monoisotopic (exact) mass is 760 g/mol. The smallest absolute Gasteiger partial charge is 0.330 e. The van der Waals surface area contributed by atoms with Gasteiger partial charge in [-0.15, -0.1) is 0 Å². The van der Waals surface area contributed by atoms with Gasteiger partial charge in [-0.1, -0.05) is 82.9 Å². The number of esters is 3. The van der Waals surface area contributed by atoms with E-state index in [9.17, 15) is 29.7 Å². The number of carbonyl (C=O) groups excluding carboxylic acids is 3. The van der Waals surface area contributed by atoms with E-state index in [4.69, 9.17) is 33.2 Å². The molecular weight excluding hydrogens is 700 g/mol. The van der Waals surface area contributed by atoms with Crippen LogP contribution in [0.1, 0.15) is 109 Å². The minimum atomic E-state index is -2.27. The van der Waals surface area contributed by atoms with E-state index in [1.54, 1.807) is 26.0 Å². The van der Waals surface area contributed by atoms with Gasteiger partial charge in [-0.25, -0.2) is 4.79 Å². The summed E-state index contributed by atoms with van der Waals surface area (Å²) in [5.74, 6) is -4.30. The summed E-state index contributed by atoms with van der Waals surface area (Å²) in [6.07, 6.45) is 4.08. The molecule has 0 unspecified atom stereocenters. The molecule has 0 aromatic heterocycles. The van der Waals surface area contributed by atoms with Gasteiger partial charge in [-0.2, -0.15) is 0 Å². The summed E-state index contributed by atoms with van der Waals surface area (Å²) in [5.41, 5.74) is -0.149. The summed E-state index contributed by atoms with van der Waals surface area (Å²) in [5, 5.41) is 33.7. The van der Waals surface area contributed by atoms with Crippen LogP contribution in [0.25, 0.3) is 0 Å². The largest absolute Gasteiger partial charge is 0.466 e. The molecule has 1 aromatic carbocycles. The van der Waals surface area contributed by atoms with Crippen molar-refractivity contribution in [3.8, 4) is 0 Å². The van der Waals surface area contributed by atoms with Crippen molar-refractivity contribution in [2.45, 2.75) is 147 Å². The molecule has 0 radical (unpaired) electrons. The highest BCUT2D eigenvalue weighted by Gasteiger charge is 2.57. The van der Waals surface area contributed by atoms with Crippen molar-refractivity contribution in [2.24, 2.45) is 5.41 Å². The molecule has 13 nitrogen and oxygen atoms in total. The average molecular weight is 761 g/mol. The molecule has 0 aliphatic carbocycles. The number of methoxy groups -OCH3 is 1. The Morgan fingerprint density at radius 1 is 0.981 bits per heavy atom. The minimum Gasteiger partial charge on any atom is -0.466 e. The van der Waals surface area contributed by atoms with E-state index in [0.717, 1.165) is 31.2 Å². The van der Waals surface area contributed by atoms with Gasteiger partial charge in [0.1, 0.15) is 6.10 Å². The van der Waals surface area contributed by atoms with Crippen LogP contribution in [0.4, 0.5) is 0 Å². The van der Waals surface area contributed by atoms with Crippen LogP contribution in [-0.4, -0.2) is 103 Å². The number of hydrogen-bond donors (Lipinski definition) is 3. The summed E-state index contributed by atoms with van der Waals surface area (Å²) in [7, 11) is 1.22. The lowest BCUT2D eigenvalue weighted by Crippen LogP contribution is -2.62. The second kappa shape index (κ2) is 21.2. The second-order valence-electron chi connectivity index (χ2n) is 15.0. The fourth-order valence-corrected chi connectivity index (χ4v) is 7.02. The SMILES string of the molecule is CCCCCCCC(=O)O[C@H]1/C(=C/C(=O)OC)C[C@H]2C[C@H](CO)OC(=O)C[C@H](O)CCO[C@H](c3ccccc3)C[C@@H]3CCO[C@H](/C=C\C(C)(C)[C@]1(O)O2)O3. The highest BCUT2D eigenvalue weighted by atomic mass is 16.7. The van der Waals surface area contributed by atoms with Crippen LogP contribution >= 0.6 is 0 Å². The molecule has 54 heavy (non-hydrogen) atoms. The Morgan fingerprint density at radius 3 is 2.44 bits per heavy atom. The molecule has 3 N–H and O–H groups in total. The van der Waals surface area contributed by atoms with Gasteiger partial charge in [0.05, 0.1) is 51.2 Å². The van der Waals surface area contributed by atoms with Gasteiger partial charge in [0.15, 0.2) is 12.4 Å². The van der Waals surface area contributed by atoms with Crippen molar-refractivity contribution in [3.05, 3.63) is 59.7 Å². The van der Waals surface area contributed by atoms with Crippen molar-refractivity contribution >= 4 is 17.9 Å². The van der Waals surface area contributed by atoms with E-state index in [1.807, 2.05) is 30.3 Å². The van der Waals surface area contributed by atoms with Crippen LogP contribution in [-0.2, 0) is 47.5 Å². The van der Waals surface area contributed by atoms with Gasteiger partial charge in [0.2, 0.25) is 5.79 Å². The molecule has 2 fully saturated rings. The van der Waals surface area contributed by atoms with E-state index in [0.29, 0.717) is 25.9 Å². The average Bonchev–Trinajstić information content (AvgIpc) is 3.14. The Hall–Kier alpha value is -3.17. The maximum Gasteiger partial charge on any atom is 0.330 e. The van der Waals surface area contributed by atoms with E-state index in [1.165, 1.54) is 13.2 Å². The first-order valence-corrected chi connectivity index (χ1v) is 19.4. The van der Waals surface area contributed by atoms with Gasteiger partial charge >= 0.3 is 17.9 Å². The predicted molar refractivity (Wildman–Crippen MR) is 197 cm³/mol. The van der Waals surface area contributed by atoms with Gasteiger partial charge in [0.25, 0.3) is 0 Å². The molecule has 3 heterocycles. The minimum absolute atomic E-state index is 0.0151. The van der Waals surface area contributed by atoms with Crippen LogP contribution in [0.2, 0.25) is 0 Å². The first-order chi connectivity index (χ1) is 25.9. The van der Waals surface area contributed by atoms with E-state index in [2.05, 4.69) is 6.92 Å².